The molecule has 3 aromatic rings. The van der Waals surface area contributed by atoms with Crippen molar-refractivity contribution >= 4 is 34.8 Å². The van der Waals surface area contributed by atoms with E-state index in [0.29, 0.717) is 28.0 Å². The van der Waals surface area contributed by atoms with Crippen LogP contribution in [-0.4, -0.2) is 33.7 Å². The maximum Gasteiger partial charge on any atom is 0.260 e. The van der Waals surface area contributed by atoms with E-state index in [1.54, 1.807) is 11.6 Å². The molecule has 156 valence electrons. The van der Waals surface area contributed by atoms with E-state index < -0.39 is 0 Å². The van der Waals surface area contributed by atoms with E-state index in [2.05, 4.69) is 21.4 Å². The minimum absolute atomic E-state index is 0.263. The summed E-state index contributed by atoms with van der Waals surface area (Å²) in [4.78, 5) is 15.4. The van der Waals surface area contributed by atoms with Gasteiger partial charge in [0.25, 0.3) is 5.91 Å². The Morgan fingerprint density at radius 1 is 1.07 bits per heavy atom. The summed E-state index contributed by atoms with van der Waals surface area (Å²) < 4.78 is 1.61. The van der Waals surface area contributed by atoms with E-state index in [0.717, 1.165) is 30.9 Å². The first-order valence-electron chi connectivity index (χ1n) is 10.1. The van der Waals surface area contributed by atoms with Crippen LogP contribution in [0.3, 0.4) is 0 Å². The van der Waals surface area contributed by atoms with E-state index >= 15 is 0 Å². The first-order chi connectivity index (χ1) is 14.5. The van der Waals surface area contributed by atoms with Crippen molar-refractivity contribution in [3.05, 3.63) is 81.1 Å². The molecule has 7 heteroatoms. The summed E-state index contributed by atoms with van der Waals surface area (Å²) in [5.41, 5.74) is 3.80. The lowest BCUT2D eigenvalue weighted by Crippen LogP contribution is -2.18. The van der Waals surface area contributed by atoms with Crippen LogP contribution in [0.1, 0.15) is 40.0 Å². The van der Waals surface area contributed by atoms with Crippen LogP contribution < -0.4 is 5.32 Å². The largest absolute Gasteiger partial charge is 0.322 e. The summed E-state index contributed by atoms with van der Waals surface area (Å²) >= 11 is 12.8. The third-order valence-electron chi connectivity index (χ3n) is 5.36. The van der Waals surface area contributed by atoms with Crippen LogP contribution in [-0.2, 0) is 13.1 Å². The van der Waals surface area contributed by atoms with Gasteiger partial charge >= 0.3 is 0 Å². The highest BCUT2D eigenvalue weighted by atomic mass is 35.5. The number of hydrogen-bond acceptors (Lipinski definition) is 3. The van der Waals surface area contributed by atoms with Gasteiger partial charge in [0.05, 0.1) is 17.8 Å². The van der Waals surface area contributed by atoms with Crippen LogP contribution >= 0.6 is 23.2 Å². The number of rotatable bonds is 6. The lowest BCUT2D eigenvalue weighted by Gasteiger charge is -2.15. The molecule has 0 radical (unpaired) electrons. The predicted octanol–water partition coefficient (Wildman–Crippen LogP) is 5.39. The molecule has 0 saturated carbocycles. The van der Waals surface area contributed by atoms with E-state index in [4.69, 9.17) is 23.2 Å². The zero-order valence-electron chi connectivity index (χ0n) is 16.9. The van der Waals surface area contributed by atoms with E-state index in [-0.39, 0.29) is 5.91 Å². The van der Waals surface area contributed by atoms with Gasteiger partial charge in [-0.05, 0) is 62.2 Å². The molecule has 1 amide bonds. The molecule has 1 N–H and O–H groups in total. The van der Waals surface area contributed by atoms with Crippen molar-refractivity contribution in [2.75, 3.05) is 18.4 Å². The molecule has 2 heterocycles. The Balaban J connectivity index is 1.50. The number of amides is 1. The maximum atomic E-state index is 13.0. The Hall–Kier alpha value is -2.34. The molecule has 4 rings (SSSR count). The Labute approximate surface area is 186 Å². The van der Waals surface area contributed by atoms with Crippen molar-refractivity contribution in [1.82, 2.24) is 14.7 Å². The normalized spacial score (nSPS) is 14.2. The number of carbonyl (C=O) groups is 1. The fourth-order valence-corrected chi connectivity index (χ4v) is 4.36. The Bertz CT molecular complexity index is 1060. The number of carbonyl (C=O) groups excluding carboxylic acids is 1. The van der Waals surface area contributed by atoms with Crippen LogP contribution in [0, 0.1) is 6.92 Å². The predicted molar refractivity (Wildman–Crippen MR) is 121 cm³/mol. The van der Waals surface area contributed by atoms with E-state index in [1.165, 1.54) is 18.4 Å². The van der Waals surface area contributed by atoms with Crippen LogP contribution in [0.2, 0.25) is 10.2 Å². The zero-order valence-corrected chi connectivity index (χ0v) is 18.4. The quantitative estimate of drug-likeness (QED) is 0.556. The Morgan fingerprint density at radius 3 is 2.60 bits per heavy atom. The van der Waals surface area contributed by atoms with Gasteiger partial charge < -0.3 is 5.32 Å². The van der Waals surface area contributed by atoms with Gasteiger partial charge in [0.2, 0.25) is 0 Å². The van der Waals surface area contributed by atoms with Gasteiger partial charge in [-0.15, -0.1) is 0 Å². The molecule has 0 unspecified atom stereocenters. The number of hydrogen-bond donors (Lipinski definition) is 1. The monoisotopic (exact) mass is 442 g/mol. The highest BCUT2D eigenvalue weighted by Gasteiger charge is 2.21. The fraction of sp³-hybridized carbons (Fsp3) is 0.304. The number of nitrogens with zero attached hydrogens (tertiary/aromatic N) is 3. The minimum atomic E-state index is -0.263. The van der Waals surface area contributed by atoms with Gasteiger partial charge in [0.15, 0.2) is 0 Å². The first kappa shape index (κ1) is 20.9. The van der Waals surface area contributed by atoms with Crippen molar-refractivity contribution in [2.24, 2.45) is 0 Å². The summed E-state index contributed by atoms with van der Waals surface area (Å²) in [5.74, 6) is -0.263. The van der Waals surface area contributed by atoms with Gasteiger partial charge in [0, 0.05) is 17.3 Å². The molecule has 0 atom stereocenters. The van der Waals surface area contributed by atoms with Crippen molar-refractivity contribution in [2.45, 2.75) is 32.9 Å². The summed E-state index contributed by atoms with van der Waals surface area (Å²) in [6.07, 6.45) is 2.51. The molecule has 5 nitrogen and oxygen atoms in total. The molecule has 0 aliphatic carbocycles. The zero-order chi connectivity index (χ0) is 21.1. The summed E-state index contributed by atoms with van der Waals surface area (Å²) in [6.45, 7) is 5.36. The molecule has 0 spiro atoms. The number of benzene rings is 2. The molecule has 1 aliphatic rings. The topological polar surface area (TPSA) is 50.2 Å². The van der Waals surface area contributed by atoms with Gasteiger partial charge in [0.1, 0.15) is 5.15 Å². The third kappa shape index (κ3) is 4.69. The molecular weight excluding hydrogens is 419 g/mol. The summed E-state index contributed by atoms with van der Waals surface area (Å²) in [7, 11) is 0. The lowest BCUT2D eigenvalue weighted by atomic mass is 10.1. The fourth-order valence-electron chi connectivity index (χ4n) is 3.84. The van der Waals surface area contributed by atoms with Crippen LogP contribution in [0.5, 0.6) is 0 Å². The lowest BCUT2D eigenvalue weighted by molar-refractivity contribution is 0.102. The second kappa shape index (κ2) is 9.21. The highest BCUT2D eigenvalue weighted by Crippen LogP contribution is 2.25. The SMILES string of the molecule is Cc1nn(Cc2ccccc2Cl)c(Cl)c1C(=O)Nc1cccc(CN2CCCC2)c1. The molecular formula is C23H24Cl2N4O. The van der Waals surface area contributed by atoms with Gasteiger partial charge in [-0.2, -0.15) is 5.10 Å². The molecule has 1 fully saturated rings. The number of anilines is 1. The number of nitrogens with one attached hydrogen (secondary N) is 1. The Kier molecular flexibility index (Phi) is 6.42. The summed E-state index contributed by atoms with van der Waals surface area (Å²) in [5, 5.41) is 8.37. The van der Waals surface area contributed by atoms with Gasteiger partial charge in [-0.3, -0.25) is 9.69 Å². The smallest absolute Gasteiger partial charge is 0.260 e. The molecule has 2 aromatic carbocycles. The van der Waals surface area contributed by atoms with Gasteiger partial charge in [-0.25, -0.2) is 4.68 Å². The van der Waals surface area contributed by atoms with Crippen LogP contribution in [0.25, 0.3) is 0 Å². The number of halogens is 2. The number of likely N-dealkylation sites (tertiary alicyclic amines) is 1. The molecule has 0 bridgehead atoms. The van der Waals surface area contributed by atoms with Crippen LogP contribution in [0.4, 0.5) is 5.69 Å². The van der Waals surface area contributed by atoms with Crippen molar-refractivity contribution < 1.29 is 4.79 Å². The highest BCUT2D eigenvalue weighted by molar-refractivity contribution is 6.34. The molecule has 1 aromatic heterocycles. The van der Waals surface area contributed by atoms with Crippen LogP contribution in [0.15, 0.2) is 48.5 Å². The average Bonchev–Trinajstić information content (AvgIpc) is 3.31. The second-order valence-corrected chi connectivity index (χ2v) is 8.40. The average molecular weight is 443 g/mol. The minimum Gasteiger partial charge on any atom is -0.322 e. The molecule has 1 aliphatic heterocycles. The number of aromatic nitrogens is 2. The molecule has 1 saturated heterocycles. The molecule has 30 heavy (non-hydrogen) atoms. The van der Waals surface area contributed by atoms with Crippen molar-refractivity contribution in [3.8, 4) is 0 Å². The standard InChI is InChI=1S/C23H24Cl2N4O/c1-16-21(22(25)29(27-16)15-18-8-2-3-10-20(18)24)23(30)26-19-9-6-7-17(13-19)14-28-11-4-5-12-28/h2-3,6-10,13H,4-5,11-12,14-15H2,1H3,(H,26,30). The van der Waals surface area contributed by atoms with Gasteiger partial charge in [-0.1, -0.05) is 53.5 Å². The van der Waals surface area contributed by atoms with E-state index in [1.807, 2.05) is 42.5 Å². The van der Waals surface area contributed by atoms with E-state index in [9.17, 15) is 4.79 Å². The summed E-state index contributed by atoms with van der Waals surface area (Å²) in [6, 6.07) is 15.5. The third-order valence-corrected chi connectivity index (χ3v) is 6.11. The Morgan fingerprint density at radius 2 is 1.83 bits per heavy atom. The van der Waals surface area contributed by atoms with Crippen molar-refractivity contribution in [3.63, 3.8) is 0 Å². The first-order valence-corrected chi connectivity index (χ1v) is 10.9. The number of aryl methyl sites for hydroxylation is 1. The maximum absolute atomic E-state index is 13.0. The van der Waals surface area contributed by atoms with Crippen molar-refractivity contribution in [1.29, 1.82) is 0 Å². The second-order valence-electron chi connectivity index (χ2n) is 7.64.